The Kier molecular flexibility index (Phi) is 52.5. The van der Waals surface area contributed by atoms with Crippen LogP contribution >= 0.6 is 7.82 Å². The van der Waals surface area contributed by atoms with Gasteiger partial charge in [-0.15, -0.1) is 0 Å². The maximum Gasteiger partial charge on any atom is 0.268 e. The molecule has 9 heteroatoms. The predicted octanol–water partition coefficient (Wildman–Crippen LogP) is 17.8. The van der Waals surface area contributed by atoms with Crippen molar-refractivity contribution in [3.05, 3.63) is 146 Å². The van der Waals surface area contributed by atoms with E-state index in [1.165, 1.54) is 70.6 Å². The molecule has 1 amide bonds. The summed E-state index contributed by atoms with van der Waals surface area (Å²) in [5.41, 5.74) is 0. The predicted molar refractivity (Wildman–Crippen MR) is 325 cm³/mol. The van der Waals surface area contributed by atoms with Gasteiger partial charge in [0.05, 0.1) is 39.9 Å². The van der Waals surface area contributed by atoms with Gasteiger partial charge in [-0.1, -0.05) is 237 Å². The summed E-state index contributed by atoms with van der Waals surface area (Å²) < 4.78 is 23.3. The molecule has 0 aromatic carbocycles. The van der Waals surface area contributed by atoms with Gasteiger partial charge in [0.1, 0.15) is 13.2 Å². The number of rotatable bonds is 52. The average Bonchev–Trinajstić information content (AvgIpc) is 3.37. The fraction of sp³-hybridized carbons (Fsp3) is 0.621. The number of carbonyl (C=O) groups is 1. The van der Waals surface area contributed by atoms with Gasteiger partial charge in [0.15, 0.2) is 0 Å². The van der Waals surface area contributed by atoms with E-state index >= 15 is 0 Å². The zero-order chi connectivity index (χ0) is 54.9. The van der Waals surface area contributed by atoms with Crippen molar-refractivity contribution in [3.8, 4) is 0 Å². The molecule has 0 aliphatic carbocycles. The number of allylic oxidation sites excluding steroid dienone is 23. The molecule has 0 fully saturated rings. The van der Waals surface area contributed by atoms with Crippen molar-refractivity contribution in [1.82, 2.24) is 5.32 Å². The second-order valence-corrected chi connectivity index (χ2v) is 22.0. The molecule has 2 N–H and O–H groups in total. The molecule has 0 saturated carbocycles. The van der Waals surface area contributed by atoms with Crippen LogP contribution in [0.1, 0.15) is 213 Å². The molecule has 426 valence electrons. The van der Waals surface area contributed by atoms with Crippen LogP contribution in [0.2, 0.25) is 0 Å². The fourth-order valence-corrected chi connectivity index (χ4v) is 8.37. The summed E-state index contributed by atoms with van der Waals surface area (Å²) >= 11 is 0. The number of nitrogens with zero attached hydrogens (tertiary/aromatic N) is 1. The first-order chi connectivity index (χ1) is 36.5. The van der Waals surface area contributed by atoms with Crippen molar-refractivity contribution in [2.75, 3.05) is 40.9 Å². The number of quaternary nitrogens is 1. The van der Waals surface area contributed by atoms with Crippen LogP contribution in [-0.2, 0) is 18.4 Å². The lowest BCUT2D eigenvalue weighted by Crippen LogP contribution is -2.45. The maximum atomic E-state index is 13.0. The van der Waals surface area contributed by atoms with Gasteiger partial charge in [-0.3, -0.25) is 9.36 Å². The first-order valence-corrected chi connectivity index (χ1v) is 31.2. The smallest absolute Gasteiger partial charge is 0.268 e. The van der Waals surface area contributed by atoms with Gasteiger partial charge < -0.3 is 28.8 Å². The molecular formula is C66H111N2O6P. The van der Waals surface area contributed by atoms with Gasteiger partial charge in [0.25, 0.3) is 7.82 Å². The van der Waals surface area contributed by atoms with Crippen molar-refractivity contribution in [2.24, 2.45) is 0 Å². The van der Waals surface area contributed by atoms with E-state index in [1.54, 1.807) is 6.08 Å². The number of carbonyl (C=O) groups excluding carboxylic acids is 1. The van der Waals surface area contributed by atoms with E-state index in [2.05, 4.69) is 153 Å². The fourth-order valence-electron chi connectivity index (χ4n) is 7.65. The molecule has 0 radical (unpaired) electrons. The third-order valence-corrected chi connectivity index (χ3v) is 13.2. The summed E-state index contributed by atoms with van der Waals surface area (Å²) in [6, 6.07) is -0.933. The largest absolute Gasteiger partial charge is 0.756 e. The Bertz CT molecular complexity index is 1720. The first kappa shape index (κ1) is 71.4. The summed E-state index contributed by atoms with van der Waals surface area (Å²) in [5, 5.41) is 13.8. The normalized spacial score (nSPS) is 14.9. The third-order valence-electron chi connectivity index (χ3n) is 12.3. The average molecular weight is 1060 g/mol. The van der Waals surface area contributed by atoms with Crippen LogP contribution in [0.5, 0.6) is 0 Å². The number of aliphatic hydroxyl groups excluding tert-OH is 1. The molecule has 0 aliphatic rings. The van der Waals surface area contributed by atoms with Crippen LogP contribution in [-0.4, -0.2) is 68.5 Å². The topological polar surface area (TPSA) is 108 Å². The monoisotopic (exact) mass is 1060 g/mol. The van der Waals surface area contributed by atoms with Crippen LogP contribution in [0.3, 0.4) is 0 Å². The second kappa shape index (κ2) is 55.1. The standard InChI is InChI=1S/C66H111N2O6P/c1-6-8-10-12-14-16-18-20-22-24-26-28-29-30-31-32-33-34-35-36-37-38-39-40-42-44-46-48-50-52-54-56-58-60-66(70)67-64(63-74-75(71,72)73-62-61-68(3,4)5)65(69)59-57-55-53-51-49-47-45-43-41-27-25-23-21-19-17-15-13-11-9-7-2/h8,10,14,16,20,22,26,28,30-31,33-34,36-37,39-41,43-44,46,49,51,57,59,64-65,69H,6-7,9,11-13,15,17-19,21,23-25,27,29,32,35,38,42,45,47-48,50,52-56,58,60-63H2,1-5H3,(H-,67,70,71,72)/b10-8-,16-14-,22-20-,28-26-,31-30-,34-33-,37-36-,40-39-,43-41+,46-44-,51-49+,59-57+. The van der Waals surface area contributed by atoms with E-state index in [0.717, 1.165) is 122 Å². The second-order valence-electron chi connectivity index (χ2n) is 20.6. The zero-order valence-corrected chi connectivity index (χ0v) is 49.3. The molecule has 0 bridgehead atoms. The van der Waals surface area contributed by atoms with Crippen molar-refractivity contribution >= 4 is 13.7 Å². The lowest BCUT2D eigenvalue weighted by Gasteiger charge is -2.29. The first-order valence-electron chi connectivity index (χ1n) is 29.7. The van der Waals surface area contributed by atoms with Gasteiger partial charge in [0.2, 0.25) is 5.91 Å². The summed E-state index contributed by atoms with van der Waals surface area (Å²) in [6.07, 6.45) is 85.0. The number of phosphoric ester groups is 1. The highest BCUT2D eigenvalue weighted by atomic mass is 31.2. The number of hydrogen-bond acceptors (Lipinski definition) is 6. The van der Waals surface area contributed by atoms with Gasteiger partial charge in [-0.05, 0) is 116 Å². The Morgan fingerprint density at radius 2 is 0.827 bits per heavy atom. The molecule has 0 aliphatic heterocycles. The summed E-state index contributed by atoms with van der Waals surface area (Å²) in [5.74, 6) is -0.237. The van der Waals surface area contributed by atoms with Gasteiger partial charge in [-0.2, -0.15) is 0 Å². The molecule has 0 rings (SSSR count). The van der Waals surface area contributed by atoms with E-state index in [0.29, 0.717) is 17.4 Å². The molecule has 0 aromatic heterocycles. The van der Waals surface area contributed by atoms with Crippen molar-refractivity contribution in [3.63, 3.8) is 0 Å². The minimum Gasteiger partial charge on any atom is -0.756 e. The van der Waals surface area contributed by atoms with Gasteiger partial charge in [-0.25, -0.2) is 0 Å². The minimum atomic E-state index is -4.63. The Balaban J connectivity index is 4.35. The number of phosphoric acid groups is 1. The number of aliphatic hydroxyl groups is 1. The van der Waals surface area contributed by atoms with E-state index in [4.69, 9.17) is 9.05 Å². The molecule has 0 aromatic rings. The van der Waals surface area contributed by atoms with Crippen LogP contribution in [0, 0.1) is 0 Å². The molecule has 3 unspecified atom stereocenters. The molecule has 8 nitrogen and oxygen atoms in total. The minimum absolute atomic E-state index is 0.0215. The Morgan fingerprint density at radius 1 is 0.480 bits per heavy atom. The summed E-state index contributed by atoms with van der Waals surface area (Å²) in [6.45, 7) is 4.47. The van der Waals surface area contributed by atoms with Gasteiger partial charge in [0, 0.05) is 6.42 Å². The number of unbranched alkanes of at least 4 members (excludes halogenated alkanes) is 17. The molecule has 0 spiro atoms. The van der Waals surface area contributed by atoms with Crippen LogP contribution < -0.4 is 10.2 Å². The molecular weight excluding hydrogens is 948 g/mol. The molecule has 75 heavy (non-hydrogen) atoms. The number of amides is 1. The number of likely N-dealkylation sites (N-methyl/N-ethyl adjacent to an activating group) is 1. The highest BCUT2D eigenvalue weighted by molar-refractivity contribution is 7.45. The third kappa shape index (κ3) is 57.9. The Labute approximate surface area is 461 Å². The lowest BCUT2D eigenvalue weighted by molar-refractivity contribution is -0.870. The summed E-state index contributed by atoms with van der Waals surface area (Å²) in [7, 11) is 1.20. The molecule has 3 atom stereocenters. The zero-order valence-electron chi connectivity index (χ0n) is 48.4. The highest BCUT2D eigenvalue weighted by Crippen LogP contribution is 2.38. The quantitative estimate of drug-likeness (QED) is 0.0272. The summed E-state index contributed by atoms with van der Waals surface area (Å²) in [4.78, 5) is 25.5. The number of hydrogen-bond donors (Lipinski definition) is 2. The SMILES string of the molecule is CC/C=C\C/C=C\C/C=C\C/C=C\C/C=C\C/C=C\C/C=C\C/C=C\C/C=C\CCCCCCCC(=O)NC(COP(=O)([O-])OCC[N+](C)(C)C)C(O)/C=C/CC/C=C/CC/C=C/CCCCCCCCCCCC. The highest BCUT2D eigenvalue weighted by Gasteiger charge is 2.23. The Morgan fingerprint density at radius 3 is 1.24 bits per heavy atom. The van der Waals surface area contributed by atoms with Gasteiger partial charge >= 0.3 is 0 Å². The Hall–Kier alpha value is -3.62. The van der Waals surface area contributed by atoms with Crippen LogP contribution in [0.15, 0.2) is 146 Å². The van der Waals surface area contributed by atoms with E-state index < -0.39 is 26.6 Å². The van der Waals surface area contributed by atoms with Crippen LogP contribution in [0.4, 0.5) is 0 Å². The maximum absolute atomic E-state index is 13.0. The number of nitrogens with one attached hydrogen (secondary N) is 1. The van der Waals surface area contributed by atoms with E-state index in [1.807, 2.05) is 27.2 Å². The van der Waals surface area contributed by atoms with Crippen molar-refractivity contribution in [1.29, 1.82) is 0 Å². The van der Waals surface area contributed by atoms with Crippen molar-refractivity contribution < 1.29 is 32.9 Å². The van der Waals surface area contributed by atoms with E-state index in [-0.39, 0.29) is 12.5 Å². The van der Waals surface area contributed by atoms with E-state index in [9.17, 15) is 19.4 Å². The molecule has 0 heterocycles. The van der Waals surface area contributed by atoms with Crippen molar-refractivity contribution in [2.45, 2.75) is 225 Å². The van der Waals surface area contributed by atoms with Crippen LogP contribution in [0.25, 0.3) is 0 Å². The molecule has 0 saturated heterocycles. The lowest BCUT2D eigenvalue weighted by atomic mass is 10.1.